The molecule has 0 spiro atoms. The van der Waals surface area contributed by atoms with Crippen LogP contribution in [0.15, 0.2) is 30.3 Å². The van der Waals surface area contributed by atoms with E-state index in [0.717, 1.165) is 12.3 Å². The Morgan fingerprint density at radius 2 is 1.95 bits per heavy atom. The number of nitrogens with one attached hydrogen (secondary N) is 1. The van der Waals surface area contributed by atoms with Gasteiger partial charge in [-0.3, -0.25) is 4.79 Å². The Morgan fingerprint density at radius 1 is 1.32 bits per heavy atom. The van der Waals surface area contributed by atoms with Crippen molar-refractivity contribution < 1.29 is 4.79 Å². The van der Waals surface area contributed by atoms with E-state index in [2.05, 4.69) is 50.4 Å². The molecule has 3 unspecified atom stereocenters. The van der Waals surface area contributed by atoms with Crippen molar-refractivity contribution in [1.29, 1.82) is 0 Å². The topological polar surface area (TPSA) is 29.1 Å². The minimum absolute atomic E-state index is 0.196. The van der Waals surface area contributed by atoms with Crippen LogP contribution in [0.3, 0.4) is 0 Å². The third kappa shape index (κ3) is 4.09. The SMILES string of the molecule is CC(C)CCC(=O)NC(c1ccccc1)C1CC1C. The first-order chi connectivity index (χ1) is 9.08. The van der Waals surface area contributed by atoms with E-state index < -0.39 is 0 Å². The van der Waals surface area contributed by atoms with Crippen LogP contribution in [-0.2, 0) is 4.79 Å². The lowest BCUT2D eigenvalue weighted by atomic mass is 10.0. The van der Waals surface area contributed by atoms with Gasteiger partial charge in [-0.2, -0.15) is 0 Å². The average Bonchev–Trinajstić information content (AvgIpc) is 3.11. The van der Waals surface area contributed by atoms with Gasteiger partial charge in [0.25, 0.3) is 0 Å². The molecule has 0 heterocycles. The van der Waals surface area contributed by atoms with Gasteiger partial charge in [0.15, 0.2) is 0 Å². The quantitative estimate of drug-likeness (QED) is 0.824. The second kappa shape index (κ2) is 6.23. The van der Waals surface area contributed by atoms with Crippen LogP contribution in [0, 0.1) is 17.8 Å². The van der Waals surface area contributed by atoms with E-state index in [1.165, 1.54) is 12.0 Å². The molecule has 0 bridgehead atoms. The van der Waals surface area contributed by atoms with Gasteiger partial charge in [0.1, 0.15) is 0 Å². The molecule has 1 fully saturated rings. The Labute approximate surface area is 116 Å². The number of carbonyl (C=O) groups is 1. The average molecular weight is 259 g/mol. The third-order valence-corrected chi connectivity index (χ3v) is 4.02. The highest BCUT2D eigenvalue weighted by Gasteiger charge is 2.40. The fourth-order valence-corrected chi connectivity index (χ4v) is 2.58. The maximum atomic E-state index is 12.1. The normalized spacial score (nSPS) is 23.2. The van der Waals surface area contributed by atoms with Crippen LogP contribution in [0.2, 0.25) is 0 Å². The monoisotopic (exact) mass is 259 g/mol. The van der Waals surface area contributed by atoms with E-state index >= 15 is 0 Å². The highest BCUT2D eigenvalue weighted by molar-refractivity contribution is 5.76. The Balaban J connectivity index is 1.97. The number of hydrogen-bond donors (Lipinski definition) is 1. The summed E-state index contributed by atoms with van der Waals surface area (Å²) in [6, 6.07) is 10.6. The van der Waals surface area contributed by atoms with Gasteiger partial charge in [-0.05, 0) is 36.2 Å². The number of benzene rings is 1. The van der Waals surface area contributed by atoms with Gasteiger partial charge < -0.3 is 5.32 Å². The summed E-state index contributed by atoms with van der Waals surface area (Å²) in [5.74, 6) is 2.13. The van der Waals surface area contributed by atoms with Gasteiger partial charge in [0.05, 0.1) is 6.04 Å². The van der Waals surface area contributed by atoms with Crippen molar-refractivity contribution in [3.63, 3.8) is 0 Å². The van der Waals surface area contributed by atoms with Crippen LogP contribution in [0.25, 0.3) is 0 Å². The van der Waals surface area contributed by atoms with Gasteiger partial charge >= 0.3 is 0 Å². The highest BCUT2D eigenvalue weighted by Crippen LogP contribution is 2.46. The Hall–Kier alpha value is -1.31. The minimum atomic E-state index is 0.196. The van der Waals surface area contributed by atoms with Crippen LogP contribution in [-0.4, -0.2) is 5.91 Å². The second-order valence-corrected chi connectivity index (χ2v) is 6.27. The molecule has 3 atom stereocenters. The van der Waals surface area contributed by atoms with Crippen LogP contribution in [0.1, 0.15) is 51.6 Å². The van der Waals surface area contributed by atoms with Crippen molar-refractivity contribution in [2.24, 2.45) is 17.8 Å². The van der Waals surface area contributed by atoms with E-state index in [1.54, 1.807) is 0 Å². The first-order valence-corrected chi connectivity index (χ1v) is 7.42. The van der Waals surface area contributed by atoms with Crippen LogP contribution >= 0.6 is 0 Å². The largest absolute Gasteiger partial charge is 0.349 e. The van der Waals surface area contributed by atoms with Gasteiger partial charge in [0.2, 0.25) is 5.91 Å². The zero-order chi connectivity index (χ0) is 13.8. The summed E-state index contributed by atoms with van der Waals surface area (Å²) in [5.41, 5.74) is 1.25. The van der Waals surface area contributed by atoms with Gasteiger partial charge in [-0.1, -0.05) is 51.1 Å². The summed E-state index contributed by atoms with van der Waals surface area (Å²) in [6.07, 6.45) is 2.83. The first-order valence-electron chi connectivity index (χ1n) is 7.42. The first kappa shape index (κ1) is 14.1. The molecule has 1 aliphatic carbocycles. The summed E-state index contributed by atoms with van der Waals surface area (Å²) in [7, 11) is 0. The van der Waals surface area contributed by atoms with E-state index in [0.29, 0.717) is 18.3 Å². The molecule has 1 amide bonds. The molecule has 2 nitrogen and oxygen atoms in total. The van der Waals surface area contributed by atoms with Gasteiger partial charge in [-0.15, -0.1) is 0 Å². The summed E-state index contributed by atoms with van der Waals surface area (Å²) in [5, 5.41) is 3.24. The highest BCUT2D eigenvalue weighted by atomic mass is 16.1. The molecule has 0 saturated heterocycles. The Bertz CT molecular complexity index is 413. The van der Waals surface area contributed by atoms with E-state index in [-0.39, 0.29) is 11.9 Å². The molecule has 0 aliphatic heterocycles. The van der Waals surface area contributed by atoms with E-state index in [1.807, 2.05) is 6.07 Å². The van der Waals surface area contributed by atoms with Crippen molar-refractivity contribution >= 4 is 5.91 Å². The fourth-order valence-electron chi connectivity index (χ4n) is 2.58. The summed E-state index contributed by atoms with van der Waals surface area (Å²) in [4.78, 5) is 12.1. The van der Waals surface area contributed by atoms with Gasteiger partial charge in [-0.25, -0.2) is 0 Å². The molecular weight excluding hydrogens is 234 g/mol. The maximum Gasteiger partial charge on any atom is 0.220 e. The van der Waals surface area contributed by atoms with Crippen LogP contribution < -0.4 is 5.32 Å². The lowest BCUT2D eigenvalue weighted by molar-refractivity contribution is -0.122. The molecule has 1 N–H and O–H groups in total. The number of hydrogen-bond acceptors (Lipinski definition) is 1. The fraction of sp³-hybridized carbons (Fsp3) is 0.588. The molecular formula is C17H25NO. The summed E-state index contributed by atoms with van der Waals surface area (Å²) in [6.45, 7) is 6.58. The van der Waals surface area contributed by atoms with E-state index in [4.69, 9.17) is 0 Å². The summed E-state index contributed by atoms with van der Waals surface area (Å²) < 4.78 is 0. The molecule has 1 aliphatic rings. The minimum Gasteiger partial charge on any atom is -0.349 e. The number of rotatable bonds is 6. The smallest absolute Gasteiger partial charge is 0.220 e. The predicted octanol–water partition coefficient (Wildman–Crippen LogP) is 3.94. The second-order valence-electron chi connectivity index (χ2n) is 6.27. The molecule has 0 radical (unpaired) electrons. The zero-order valence-electron chi connectivity index (χ0n) is 12.2. The molecule has 19 heavy (non-hydrogen) atoms. The van der Waals surface area contributed by atoms with Crippen LogP contribution in [0.4, 0.5) is 0 Å². The molecule has 2 heteroatoms. The Morgan fingerprint density at radius 3 is 2.47 bits per heavy atom. The van der Waals surface area contributed by atoms with Crippen molar-refractivity contribution in [3.05, 3.63) is 35.9 Å². The number of amides is 1. The molecule has 2 rings (SSSR count). The zero-order valence-corrected chi connectivity index (χ0v) is 12.2. The molecule has 1 aromatic rings. The molecule has 1 saturated carbocycles. The summed E-state index contributed by atoms with van der Waals surface area (Å²) >= 11 is 0. The van der Waals surface area contributed by atoms with Crippen molar-refractivity contribution in [3.8, 4) is 0 Å². The van der Waals surface area contributed by atoms with Crippen molar-refractivity contribution in [1.82, 2.24) is 5.32 Å². The lowest BCUT2D eigenvalue weighted by Crippen LogP contribution is -2.30. The predicted molar refractivity (Wildman–Crippen MR) is 78.7 cm³/mol. The Kier molecular flexibility index (Phi) is 4.62. The van der Waals surface area contributed by atoms with Gasteiger partial charge in [0, 0.05) is 6.42 Å². The van der Waals surface area contributed by atoms with Crippen molar-refractivity contribution in [2.45, 2.75) is 46.1 Å². The third-order valence-electron chi connectivity index (χ3n) is 4.02. The number of carbonyl (C=O) groups excluding carboxylic acids is 1. The van der Waals surface area contributed by atoms with Crippen LogP contribution in [0.5, 0.6) is 0 Å². The maximum absolute atomic E-state index is 12.1. The molecule has 104 valence electrons. The molecule has 0 aromatic heterocycles. The lowest BCUT2D eigenvalue weighted by Gasteiger charge is -2.19. The van der Waals surface area contributed by atoms with Crippen molar-refractivity contribution in [2.75, 3.05) is 0 Å². The molecule has 1 aromatic carbocycles. The van der Waals surface area contributed by atoms with E-state index in [9.17, 15) is 4.79 Å². The standard InChI is InChI=1S/C17H25NO/c1-12(2)9-10-16(19)18-17(15-11-13(15)3)14-7-5-4-6-8-14/h4-8,12-13,15,17H,9-11H2,1-3H3,(H,18,19).